The van der Waals surface area contributed by atoms with Gasteiger partial charge in [0.1, 0.15) is 16.6 Å². The van der Waals surface area contributed by atoms with Crippen LogP contribution in [-0.2, 0) is 9.53 Å². The molecule has 2 fully saturated rings. The van der Waals surface area contributed by atoms with Crippen LogP contribution >= 0.6 is 11.6 Å². The van der Waals surface area contributed by atoms with Crippen molar-refractivity contribution in [1.82, 2.24) is 14.9 Å². The van der Waals surface area contributed by atoms with Crippen LogP contribution in [0.1, 0.15) is 26.5 Å². The number of piperidine rings is 1. The highest BCUT2D eigenvalue weighted by atomic mass is 35.5. The van der Waals surface area contributed by atoms with Crippen LogP contribution < -0.4 is 5.32 Å². The normalized spacial score (nSPS) is 23.5. The van der Waals surface area contributed by atoms with Gasteiger partial charge in [-0.15, -0.1) is 0 Å². The van der Waals surface area contributed by atoms with Gasteiger partial charge in [-0.3, -0.25) is 4.79 Å². The molecule has 148 valence electrons. The monoisotopic (exact) mass is 402 g/mol. The lowest BCUT2D eigenvalue weighted by Crippen LogP contribution is -2.38. The molecule has 1 aliphatic carbocycles. The van der Waals surface area contributed by atoms with Crippen molar-refractivity contribution < 1.29 is 14.3 Å². The maximum atomic E-state index is 12.6. The molecule has 8 heteroatoms. The van der Waals surface area contributed by atoms with Crippen molar-refractivity contribution in [2.24, 2.45) is 17.8 Å². The number of aryl methyl sites for hydroxylation is 1. The number of amides is 2. The molecule has 1 unspecified atom stereocenters. The number of rotatable bonds is 2. The van der Waals surface area contributed by atoms with Crippen molar-refractivity contribution in [2.75, 3.05) is 18.4 Å². The summed E-state index contributed by atoms with van der Waals surface area (Å²) >= 11 is 6.14. The van der Waals surface area contributed by atoms with Gasteiger partial charge in [0.2, 0.25) is 5.91 Å². The number of fused-ring (bicyclic) bond motifs is 2. The van der Waals surface area contributed by atoms with Crippen molar-refractivity contribution >= 4 is 40.2 Å². The quantitative estimate of drug-likeness (QED) is 0.775. The molecule has 2 aliphatic rings. The number of carbonyl (C=O) groups is 2. The summed E-state index contributed by atoms with van der Waals surface area (Å²) in [6.07, 6.45) is 1.31. The van der Waals surface area contributed by atoms with Gasteiger partial charge in [-0.05, 0) is 57.0 Å². The van der Waals surface area contributed by atoms with Crippen molar-refractivity contribution in [3.63, 3.8) is 0 Å². The Bertz CT molecular complexity index is 960. The van der Waals surface area contributed by atoms with Gasteiger partial charge >= 0.3 is 6.09 Å². The highest BCUT2D eigenvalue weighted by molar-refractivity contribution is 6.34. The zero-order valence-electron chi connectivity index (χ0n) is 16.3. The molecule has 0 spiro atoms. The Balaban J connectivity index is 1.38. The second-order valence-corrected chi connectivity index (χ2v) is 8.93. The molecule has 0 aromatic carbocycles. The molecule has 1 aliphatic heterocycles. The standard InChI is InChI=1S/C20H23ClN4O3/c1-10-5-11-6-15(22-7-12(11)17(21)23-10)24-18(26)16-13-8-25(9-14(13)16)19(27)28-20(2,3)4/h5-7,13-14,16H,8-9H2,1-4H3,(H,22,24,26)/t13-,14+,16?. The molecule has 3 atom stereocenters. The topological polar surface area (TPSA) is 84.4 Å². The van der Waals surface area contributed by atoms with Crippen LogP contribution in [0, 0.1) is 24.7 Å². The first-order chi connectivity index (χ1) is 13.1. The predicted octanol–water partition coefficient (Wildman–Crippen LogP) is 3.64. The van der Waals surface area contributed by atoms with E-state index in [9.17, 15) is 9.59 Å². The van der Waals surface area contributed by atoms with Crippen LogP contribution in [0.4, 0.5) is 10.6 Å². The fraction of sp³-hybridized carbons (Fsp3) is 0.500. The summed E-state index contributed by atoms with van der Waals surface area (Å²) in [4.78, 5) is 35.0. The van der Waals surface area contributed by atoms with E-state index in [0.717, 1.165) is 16.5 Å². The lowest BCUT2D eigenvalue weighted by Gasteiger charge is -2.25. The van der Waals surface area contributed by atoms with Gasteiger partial charge in [0, 0.05) is 36.3 Å². The van der Waals surface area contributed by atoms with Crippen LogP contribution in [0.2, 0.25) is 5.15 Å². The van der Waals surface area contributed by atoms with E-state index in [1.54, 1.807) is 17.2 Å². The lowest BCUT2D eigenvalue weighted by molar-refractivity contribution is -0.118. The highest BCUT2D eigenvalue weighted by Crippen LogP contribution is 2.52. The van der Waals surface area contributed by atoms with Crippen LogP contribution in [-0.4, -0.2) is 45.6 Å². The molecular formula is C20H23ClN4O3. The van der Waals surface area contributed by atoms with E-state index in [4.69, 9.17) is 16.3 Å². The van der Waals surface area contributed by atoms with E-state index in [1.807, 2.05) is 33.8 Å². The molecule has 0 radical (unpaired) electrons. The third-order valence-electron chi connectivity index (χ3n) is 5.20. The SMILES string of the molecule is Cc1cc2cc(NC(=O)C3[C@H]4CN(C(=O)OC(C)(C)C)C[C@@H]34)ncc2c(Cl)n1. The first-order valence-corrected chi connectivity index (χ1v) is 9.72. The number of nitrogens with zero attached hydrogens (tertiary/aromatic N) is 3. The number of likely N-dealkylation sites (tertiary alicyclic amines) is 1. The Hall–Kier alpha value is -2.41. The minimum atomic E-state index is -0.515. The fourth-order valence-corrected chi connectivity index (χ4v) is 4.20. The van der Waals surface area contributed by atoms with Gasteiger partial charge in [-0.2, -0.15) is 0 Å². The van der Waals surface area contributed by atoms with Crippen molar-refractivity contribution in [3.05, 3.63) is 29.2 Å². The minimum Gasteiger partial charge on any atom is -0.444 e. The summed E-state index contributed by atoms with van der Waals surface area (Å²) in [7, 11) is 0. The molecule has 3 heterocycles. The molecule has 2 aromatic rings. The zero-order chi connectivity index (χ0) is 20.2. The van der Waals surface area contributed by atoms with E-state index >= 15 is 0 Å². The highest BCUT2D eigenvalue weighted by Gasteiger charge is 2.60. The van der Waals surface area contributed by atoms with E-state index in [2.05, 4.69) is 15.3 Å². The summed E-state index contributed by atoms with van der Waals surface area (Å²) in [5.74, 6) is 0.734. The summed E-state index contributed by atoms with van der Waals surface area (Å²) < 4.78 is 5.40. The maximum absolute atomic E-state index is 12.6. The number of anilines is 1. The molecule has 28 heavy (non-hydrogen) atoms. The Morgan fingerprint density at radius 1 is 1.25 bits per heavy atom. The van der Waals surface area contributed by atoms with Crippen molar-refractivity contribution in [3.8, 4) is 0 Å². The third-order valence-corrected chi connectivity index (χ3v) is 5.48. The summed E-state index contributed by atoms with van der Waals surface area (Å²) in [6, 6.07) is 3.71. The van der Waals surface area contributed by atoms with Crippen molar-refractivity contribution in [2.45, 2.75) is 33.3 Å². The Morgan fingerprint density at radius 3 is 2.57 bits per heavy atom. The van der Waals surface area contributed by atoms with Crippen LogP contribution in [0.3, 0.4) is 0 Å². The van der Waals surface area contributed by atoms with Crippen LogP contribution in [0.25, 0.3) is 10.8 Å². The average Bonchev–Trinajstić information content (AvgIpc) is 3.07. The number of ether oxygens (including phenoxy) is 1. The summed E-state index contributed by atoms with van der Waals surface area (Å²) in [6.45, 7) is 8.52. The first-order valence-electron chi connectivity index (χ1n) is 9.34. The zero-order valence-corrected chi connectivity index (χ0v) is 17.1. The molecule has 1 saturated heterocycles. The smallest absolute Gasteiger partial charge is 0.410 e. The molecule has 1 saturated carbocycles. The van der Waals surface area contributed by atoms with Gasteiger partial charge in [-0.25, -0.2) is 14.8 Å². The minimum absolute atomic E-state index is 0.0532. The fourth-order valence-electron chi connectivity index (χ4n) is 3.90. The number of nitrogens with one attached hydrogen (secondary N) is 1. The maximum Gasteiger partial charge on any atom is 0.410 e. The van der Waals surface area contributed by atoms with E-state index < -0.39 is 5.60 Å². The van der Waals surface area contributed by atoms with Gasteiger partial charge in [0.25, 0.3) is 0 Å². The van der Waals surface area contributed by atoms with Gasteiger partial charge in [0.15, 0.2) is 0 Å². The molecule has 7 nitrogen and oxygen atoms in total. The second kappa shape index (κ2) is 6.58. The van der Waals surface area contributed by atoms with Gasteiger partial charge in [0.05, 0.1) is 0 Å². The molecule has 0 bridgehead atoms. The average molecular weight is 403 g/mol. The molecule has 1 N–H and O–H groups in total. The summed E-state index contributed by atoms with van der Waals surface area (Å²) in [5, 5.41) is 4.94. The van der Waals surface area contributed by atoms with Crippen LogP contribution in [0.15, 0.2) is 18.3 Å². The number of pyridine rings is 2. The van der Waals surface area contributed by atoms with Gasteiger partial charge in [-0.1, -0.05) is 11.6 Å². The Kier molecular flexibility index (Phi) is 4.45. The predicted molar refractivity (Wildman–Crippen MR) is 106 cm³/mol. The van der Waals surface area contributed by atoms with Gasteiger partial charge < -0.3 is 15.0 Å². The van der Waals surface area contributed by atoms with E-state index in [0.29, 0.717) is 24.1 Å². The molecule has 2 aromatic heterocycles. The van der Waals surface area contributed by atoms with E-state index in [-0.39, 0.29) is 29.8 Å². The molecular weight excluding hydrogens is 380 g/mol. The molecule has 4 rings (SSSR count). The second-order valence-electron chi connectivity index (χ2n) is 8.57. The first kappa shape index (κ1) is 18.9. The number of hydrogen-bond acceptors (Lipinski definition) is 5. The number of aromatic nitrogens is 2. The third kappa shape index (κ3) is 3.63. The van der Waals surface area contributed by atoms with E-state index in [1.165, 1.54) is 0 Å². The number of carbonyl (C=O) groups excluding carboxylic acids is 2. The van der Waals surface area contributed by atoms with Crippen LogP contribution in [0.5, 0.6) is 0 Å². The van der Waals surface area contributed by atoms with Crippen molar-refractivity contribution in [1.29, 1.82) is 0 Å². The number of halogens is 1. The molecule has 2 amide bonds. The number of hydrogen-bond donors (Lipinski definition) is 1. The largest absolute Gasteiger partial charge is 0.444 e. The lowest BCUT2D eigenvalue weighted by atomic mass is 10.2. The Labute approximate surface area is 168 Å². The Morgan fingerprint density at radius 2 is 1.93 bits per heavy atom. The summed E-state index contributed by atoms with van der Waals surface area (Å²) in [5.41, 5.74) is 0.291.